The van der Waals surface area contributed by atoms with Crippen LogP contribution in [-0.4, -0.2) is 21.7 Å². The second-order valence-electron chi connectivity index (χ2n) is 10.5. The molecule has 5 aliphatic rings. The lowest BCUT2D eigenvalue weighted by Gasteiger charge is -2.62. The topological polar surface area (TPSA) is 20.2 Å². The Morgan fingerprint density at radius 2 is 1.65 bits per heavy atom. The Labute approximate surface area is 146 Å². The van der Waals surface area contributed by atoms with E-state index in [1.807, 2.05) is 0 Å². The van der Waals surface area contributed by atoms with Crippen LogP contribution in [0.25, 0.3) is 0 Å². The zero-order valence-corrected chi connectivity index (χ0v) is 16.0. The van der Waals surface area contributed by atoms with Crippen LogP contribution in [0.4, 0.5) is 0 Å². The highest BCUT2D eigenvalue weighted by molar-refractivity contribution is 8.07. The summed E-state index contributed by atoms with van der Waals surface area (Å²) in [6.07, 6.45) is 11.0. The largest absolute Gasteiger partial charge is 0.393 e. The van der Waals surface area contributed by atoms with Crippen LogP contribution < -0.4 is 0 Å². The van der Waals surface area contributed by atoms with Gasteiger partial charge in [0.05, 0.1) is 6.10 Å². The molecule has 5 rings (SSSR count). The highest BCUT2D eigenvalue weighted by Crippen LogP contribution is 2.71. The Balaban J connectivity index is 1.45. The van der Waals surface area contributed by atoms with Gasteiger partial charge in [-0.15, -0.1) is 0 Å². The predicted octanol–water partition coefficient (Wildman–Crippen LogP) is 5.12. The van der Waals surface area contributed by atoms with Crippen molar-refractivity contribution < 1.29 is 5.11 Å². The van der Waals surface area contributed by atoms with E-state index in [9.17, 15) is 5.11 Å². The molecule has 3 unspecified atom stereocenters. The van der Waals surface area contributed by atoms with Gasteiger partial charge in [0, 0.05) is 10.5 Å². The van der Waals surface area contributed by atoms with Crippen molar-refractivity contribution in [1.82, 2.24) is 0 Å². The van der Waals surface area contributed by atoms with E-state index < -0.39 is 0 Å². The van der Waals surface area contributed by atoms with E-state index in [-0.39, 0.29) is 11.5 Å². The van der Waals surface area contributed by atoms with Gasteiger partial charge in [-0.25, -0.2) is 0 Å². The number of thioether (sulfide) groups is 1. The molecule has 0 aromatic rings. The Morgan fingerprint density at radius 1 is 0.913 bits per heavy atom. The molecule has 130 valence electrons. The summed E-state index contributed by atoms with van der Waals surface area (Å²) in [6.45, 7) is 7.65. The van der Waals surface area contributed by atoms with Crippen molar-refractivity contribution >= 4 is 11.8 Å². The molecule has 1 aliphatic heterocycles. The van der Waals surface area contributed by atoms with Crippen LogP contribution in [-0.2, 0) is 0 Å². The maximum Gasteiger partial charge on any atom is 0.0596 e. The second-order valence-corrected chi connectivity index (χ2v) is 11.8. The van der Waals surface area contributed by atoms with E-state index in [1.165, 1.54) is 50.7 Å². The normalized spacial score (nSPS) is 64.2. The lowest BCUT2D eigenvalue weighted by molar-refractivity contribution is -0.129. The summed E-state index contributed by atoms with van der Waals surface area (Å²) in [6, 6.07) is 0. The minimum Gasteiger partial charge on any atom is -0.393 e. The predicted molar refractivity (Wildman–Crippen MR) is 97.5 cm³/mol. The first-order valence-electron chi connectivity index (χ1n) is 10.2. The second kappa shape index (κ2) is 4.72. The van der Waals surface area contributed by atoms with Crippen LogP contribution in [0.15, 0.2) is 0 Å². The maximum atomic E-state index is 10.6. The molecule has 4 aliphatic carbocycles. The van der Waals surface area contributed by atoms with E-state index in [4.69, 9.17) is 0 Å². The fourth-order valence-electron chi connectivity index (χ4n) is 8.12. The highest BCUT2D eigenvalue weighted by Gasteiger charge is 2.64. The van der Waals surface area contributed by atoms with E-state index in [1.54, 1.807) is 0 Å². The number of fused-ring (bicyclic) bond motifs is 5. The third-order valence-corrected chi connectivity index (χ3v) is 11.4. The maximum absolute atomic E-state index is 10.6. The zero-order valence-electron chi connectivity index (χ0n) is 15.2. The SMILES string of the molecule is C[C@@H]1C[C@]2(C)C3CC[C@@]4(C)C(CC[C@@H]4O)C3CC[C@H]2C[C@]12CS2. The summed E-state index contributed by atoms with van der Waals surface area (Å²) in [7, 11) is 0. The Bertz CT molecular complexity index is 514. The van der Waals surface area contributed by atoms with Crippen molar-refractivity contribution in [3.8, 4) is 0 Å². The van der Waals surface area contributed by atoms with Gasteiger partial charge in [0.25, 0.3) is 0 Å². The van der Waals surface area contributed by atoms with Gasteiger partial charge < -0.3 is 5.11 Å². The smallest absolute Gasteiger partial charge is 0.0596 e. The molecule has 5 fully saturated rings. The number of hydrogen-bond acceptors (Lipinski definition) is 2. The number of aliphatic hydroxyl groups excluding tert-OH is 1. The van der Waals surface area contributed by atoms with E-state index >= 15 is 0 Å². The van der Waals surface area contributed by atoms with Gasteiger partial charge in [0.1, 0.15) is 0 Å². The first-order valence-corrected chi connectivity index (χ1v) is 11.2. The van der Waals surface area contributed by atoms with Crippen molar-refractivity contribution in [2.75, 3.05) is 5.75 Å². The summed E-state index contributed by atoms with van der Waals surface area (Å²) in [4.78, 5) is 0. The van der Waals surface area contributed by atoms with Crippen LogP contribution in [0.2, 0.25) is 0 Å². The van der Waals surface area contributed by atoms with Gasteiger partial charge in [-0.1, -0.05) is 20.8 Å². The van der Waals surface area contributed by atoms with E-state index in [0.29, 0.717) is 10.2 Å². The molecule has 23 heavy (non-hydrogen) atoms. The molecule has 1 N–H and O–H groups in total. The summed E-state index contributed by atoms with van der Waals surface area (Å²) in [5.41, 5.74) is 0.851. The van der Waals surface area contributed by atoms with Crippen LogP contribution in [0.3, 0.4) is 0 Å². The van der Waals surface area contributed by atoms with Crippen LogP contribution in [0, 0.1) is 40.4 Å². The van der Waals surface area contributed by atoms with Gasteiger partial charge in [-0.3, -0.25) is 0 Å². The molecule has 2 heteroatoms. The molecule has 1 spiro atoms. The number of rotatable bonds is 0. The molecule has 9 atom stereocenters. The molecule has 0 aromatic heterocycles. The third-order valence-electron chi connectivity index (χ3n) is 9.77. The fourth-order valence-corrected chi connectivity index (χ4v) is 9.39. The summed E-state index contributed by atoms with van der Waals surface area (Å²) in [5, 5.41) is 10.6. The molecule has 0 bridgehead atoms. The minimum absolute atomic E-state index is 0.0182. The Hall–Kier alpha value is 0.310. The molecule has 1 heterocycles. The molecule has 0 amide bonds. The monoisotopic (exact) mass is 334 g/mol. The van der Waals surface area contributed by atoms with Crippen molar-refractivity contribution in [3.05, 3.63) is 0 Å². The lowest BCUT2D eigenvalue weighted by Crippen LogP contribution is -2.56. The van der Waals surface area contributed by atoms with Crippen molar-refractivity contribution in [2.24, 2.45) is 40.4 Å². The Morgan fingerprint density at radius 3 is 2.39 bits per heavy atom. The first kappa shape index (κ1) is 15.6. The summed E-state index contributed by atoms with van der Waals surface area (Å²) in [5.74, 6) is 6.05. The Kier molecular flexibility index (Phi) is 3.20. The first-order chi connectivity index (χ1) is 10.9. The van der Waals surface area contributed by atoms with Crippen LogP contribution in [0.1, 0.15) is 72.1 Å². The molecule has 0 aromatic carbocycles. The summed E-state index contributed by atoms with van der Waals surface area (Å²) < 4.78 is 0.698. The molecular formula is C21H34OS. The number of aliphatic hydroxyl groups is 1. The van der Waals surface area contributed by atoms with Crippen molar-refractivity contribution in [2.45, 2.75) is 83.0 Å². The quantitative estimate of drug-likeness (QED) is 0.620. The molecular weight excluding hydrogens is 300 g/mol. The van der Waals surface area contributed by atoms with Gasteiger partial charge in [-0.05, 0) is 91.8 Å². The third kappa shape index (κ3) is 1.92. The molecule has 4 saturated carbocycles. The standard InChI is InChI=1S/C21H34OS/c1-13-10-20(3)14(11-21(13)12-23-21)4-5-15-16-6-7-18(22)19(16,2)9-8-17(15)20/h13-18,22H,4-12H2,1-3H3/t13-,14+,15?,16?,17?,18+,19+,20+,21+/m1/s1. The summed E-state index contributed by atoms with van der Waals surface area (Å²) >= 11 is 2.27. The van der Waals surface area contributed by atoms with Crippen LogP contribution >= 0.6 is 11.8 Å². The van der Waals surface area contributed by atoms with Gasteiger partial charge >= 0.3 is 0 Å². The lowest BCUT2D eigenvalue weighted by atomic mass is 9.43. The fraction of sp³-hybridized carbons (Fsp3) is 1.00. The molecule has 0 radical (unpaired) electrons. The average molecular weight is 335 g/mol. The van der Waals surface area contributed by atoms with E-state index in [2.05, 4.69) is 32.5 Å². The van der Waals surface area contributed by atoms with Crippen molar-refractivity contribution in [3.63, 3.8) is 0 Å². The minimum atomic E-state index is -0.0182. The highest BCUT2D eigenvalue weighted by atomic mass is 32.2. The average Bonchev–Trinajstić information content (AvgIpc) is 3.22. The van der Waals surface area contributed by atoms with Gasteiger partial charge in [0.15, 0.2) is 0 Å². The van der Waals surface area contributed by atoms with Crippen molar-refractivity contribution in [1.29, 1.82) is 0 Å². The van der Waals surface area contributed by atoms with Gasteiger partial charge in [0.2, 0.25) is 0 Å². The van der Waals surface area contributed by atoms with E-state index in [0.717, 1.165) is 36.0 Å². The molecule has 1 nitrogen and oxygen atoms in total. The molecule has 1 saturated heterocycles. The number of hydrogen-bond donors (Lipinski definition) is 1. The van der Waals surface area contributed by atoms with Crippen LogP contribution in [0.5, 0.6) is 0 Å². The zero-order chi connectivity index (χ0) is 16.0. The van der Waals surface area contributed by atoms with Gasteiger partial charge in [-0.2, -0.15) is 11.8 Å².